The third-order valence-electron chi connectivity index (χ3n) is 5.30. The maximum atomic E-state index is 13.3. The molecule has 0 bridgehead atoms. The molecule has 5 nitrogen and oxygen atoms in total. The second-order valence-electron chi connectivity index (χ2n) is 7.27. The van der Waals surface area contributed by atoms with Crippen molar-refractivity contribution >= 4 is 5.91 Å². The fourth-order valence-electron chi connectivity index (χ4n) is 3.85. The molecule has 0 saturated carbocycles. The number of benzene rings is 2. The van der Waals surface area contributed by atoms with E-state index in [-0.39, 0.29) is 24.2 Å². The minimum absolute atomic E-state index is 0.0389. The molecule has 6 heteroatoms. The maximum Gasteiger partial charge on any atom is 0.224 e. The highest BCUT2D eigenvalue weighted by atomic mass is 19.1. The van der Waals surface area contributed by atoms with E-state index in [1.165, 1.54) is 12.1 Å². The van der Waals surface area contributed by atoms with Gasteiger partial charge in [-0.25, -0.2) is 4.39 Å². The molecule has 1 N–H and O–H groups in total. The van der Waals surface area contributed by atoms with E-state index in [1.54, 1.807) is 0 Å². The largest absolute Gasteiger partial charge is 0.486 e. The van der Waals surface area contributed by atoms with Gasteiger partial charge in [0, 0.05) is 6.54 Å². The van der Waals surface area contributed by atoms with Crippen LogP contribution in [0, 0.1) is 5.82 Å². The molecule has 148 valence electrons. The Balaban J connectivity index is 1.39. The summed E-state index contributed by atoms with van der Waals surface area (Å²) in [7, 11) is 0. The van der Waals surface area contributed by atoms with E-state index in [2.05, 4.69) is 10.2 Å². The van der Waals surface area contributed by atoms with Gasteiger partial charge in [-0.05, 0) is 61.3 Å². The summed E-state index contributed by atoms with van der Waals surface area (Å²) in [6.45, 7) is 3.58. The predicted molar refractivity (Wildman–Crippen MR) is 104 cm³/mol. The molecule has 4 rings (SSSR count). The number of nitrogens with zero attached hydrogens (tertiary/aromatic N) is 1. The highest BCUT2D eigenvalue weighted by molar-refractivity contribution is 5.78. The Hall–Kier alpha value is -2.60. The molecule has 2 heterocycles. The van der Waals surface area contributed by atoms with Crippen LogP contribution in [0.3, 0.4) is 0 Å². The fraction of sp³-hybridized carbons (Fsp3) is 0.409. The average Bonchev–Trinajstić information content (AvgIpc) is 3.24. The summed E-state index contributed by atoms with van der Waals surface area (Å²) >= 11 is 0. The molecular formula is C22H25FN2O3. The van der Waals surface area contributed by atoms with Gasteiger partial charge >= 0.3 is 0 Å². The van der Waals surface area contributed by atoms with Crippen molar-refractivity contribution in [1.29, 1.82) is 0 Å². The van der Waals surface area contributed by atoms with Crippen molar-refractivity contribution in [2.45, 2.75) is 25.3 Å². The first-order valence-corrected chi connectivity index (χ1v) is 9.84. The van der Waals surface area contributed by atoms with Gasteiger partial charge in [-0.15, -0.1) is 0 Å². The smallest absolute Gasteiger partial charge is 0.224 e. The summed E-state index contributed by atoms with van der Waals surface area (Å²) in [5, 5.41) is 3.05. The first-order chi connectivity index (χ1) is 13.7. The Morgan fingerprint density at radius 1 is 1.04 bits per heavy atom. The number of hydrogen-bond donors (Lipinski definition) is 1. The normalized spacial score (nSPS) is 17.3. The fourth-order valence-corrected chi connectivity index (χ4v) is 3.85. The Morgan fingerprint density at radius 2 is 1.75 bits per heavy atom. The summed E-state index contributed by atoms with van der Waals surface area (Å²) in [6, 6.07) is 12.3. The molecule has 1 unspecified atom stereocenters. The molecule has 2 aliphatic heterocycles. The SMILES string of the molecule is O=C(Cc1ccc2c(c1)OCCO2)NCC(c1ccc(F)cc1)N1CCCC1. The lowest BCUT2D eigenvalue weighted by Crippen LogP contribution is -2.37. The molecule has 0 radical (unpaired) electrons. The minimum atomic E-state index is -0.244. The number of carbonyl (C=O) groups excluding carboxylic acids is 1. The number of rotatable bonds is 6. The highest BCUT2D eigenvalue weighted by Gasteiger charge is 2.24. The zero-order valence-corrected chi connectivity index (χ0v) is 15.8. The molecule has 1 atom stereocenters. The molecule has 2 aliphatic rings. The number of amides is 1. The standard InChI is InChI=1S/C22H25FN2O3/c23-18-6-4-17(5-7-18)19(25-9-1-2-10-25)15-24-22(26)14-16-3-8-20-21(13-16)28-12-11-27-20/h3-8,13,19H,1-2,9-12,14-15H2,(H,24,26). The van der Waals surface area contributed by atoms with E-state index in [4.69, 9.17) is 9.47 Å². The molecule has 2 aromatic carbocycles. The van der Waals surface area contributed by atoms with E-state index >= 15 is 0 Å². The Kier molecular flexibility index (Phi) is 5.76. The van der Waals surface area contributed by atoms with Gasteiger partial charge < -0.3 is 14.8 Å². The number of carbonyl (C=O) groups is 1. The molecule has 2 aromatic rings. The summed E-state index contributed by atoms with van der Waals surface area (Å²) in [5.41, 5.74) is 1.92. The van der Waals surface area contributed by atoms with Crippen LogP contribution >= 0.6 is 0 Å². The lowest BCUT2D eigenvalue weighted by molar-refractivity contribution is -0.120. The van der Waals surface area contributed by atoms with Gasteiger partial charge in [-0.3, -0.25) is 9.69 Å². The van der Waals surface area contributed by atoms with Crippen molar-refractivity contribution in [2.75, 3.05) is 32.8 Å². The van der Waals surface area contributed by atoms with E-state index in [1.807, 2.05) is 30.3 Å². The number of fused-ring (bicyclic) bond motifs is 1. The molecular weight excluding hydrogens is 359 g/mol. The van der Waals surface area contributed by atoms with E-state index < -0.39 is 0 Å². The third-order valence-corrected chi connectivity index (χ3v) is 5.30. The van der Waals surface area contributed by atoms with Crippen LogP contribution in [0.2, 0.25) is 0 Å². The summed E-state index contributed by atoms with van der Waals surface area (Å²) in [5.74, 6) is 1.13. The van der Waals surface area contributed by atoms with Crippen LogP contribution in [-0.4, -0.2) is 43.7 Å². The van der Waals surface area contributed by atoms with Crippen LogP contribution in [0.4, 0.5) is 4.39 Å². The van der Waals surface area contributed by atoms with Crippen molar-refractivity contribution in [3.63, 3.8) is 0 Å². The molecule has 0 spiro atoms. The predicted octanol–water partition coefficient (Wildman–Crippen LogP) is 3.09. The van der Waals surface area contributed by atoms with Gasteiger partial charge in [-0.2, -0.15) is 0 Å². The van der Waals surface area contributed by atoms with Crippen LogP contribution in [0.5, 0.6) is 11.5 Å². The van der Waals surface area contributed by atoms with Crippen molar-refractivity contribution in [2.24, 2.45) is 0 Å². The zero-order chi connectivity index (χ0) is 19.3. The molecule has 1 saturated heterocycles. The zero-order valence-electron chi connectivity index (χ0n) is 15.8. The van der Waals surface area contributed by atoms with Gasteiger partial charge in [0.2, 0.25) is 5.91 Å². The quantitative estimate of drug-likeness (QED) is 0.832. The maximum absolute atomic E-state index is 13.3. The molecule has 0 aromatic heterocycles. The lowest BCUT2D eigenvalue weighted by atomic mass is 10.0. The average molecular weight is 384 g/mol. The van der Waals surface area contributed by atoms with Crippen LogP contribution in [0.25, 0.3) is 0 Å². The first-order valence-electron chi connectivity index (χ1n) is 9.84. The Bertz CT molecular complexity index is 819. The summed E-state index contributed by atoms with van der Waals surface area (Å²) < 4.78 is 24.4. The minimum Gasteiger partial charge on any atom is -0.486 e. The van der Waals surface area contributed by atoms with Crippen LogP contribution < -0.4 is 14.8 Å². The summed E-state index contributed by atoms with van der Waals surface area (Å²) in [4.78, 5) is 14.9. The van der Waals surface area contributed by atoms with Gasteiger partial charge in [0.1, 0.15) is 19.0 Å². The van der Waals surface area contributed by atoms with Crippen molar-refractivity contribution < 1.29 is 18.7 Å². The van der Waals surface area contributed by atoms with E-state index in [9.17, 15) is 9.18 Å². The highest BCUT2D eigenvalue weighted by Crippen LogP contribution is 2.31. The first kappa shape index (κ1) is 18.7. The van der Waals surface area contributed by atoms with Crippen molar-refractivity contribution in [3.8, 4) is 11.5 Å². The van der Waals surface area contributed by atoms with Crippen LogP contribution in [-0.2, 0) is 11.2 Å². The van der Waals surface area contributed by atoms with Gasteiger partial charge in [0.05, 0.1) is 12.5 Å². The number of halogens is 1. The second-order valence-corrected chi connectivity index (χ2v) is 7.27. The number of nitrogens with one attached hydrogen (secondary N) is 1. The van der Waals surface area contributed by atoms with Crippen LogP contribution in [0.15, 0.2) is 42.5 Å². The van der Waals surface area contributed by atoms with Crippen molar-refractivity contribution in [1.82, 2.24) is 10.2 Å². The van der Waals surface area contributed by atoms with Crippen LogP contribution in [0.1, 0.15) is 30.0 Å². The number of ether oxygens (including phenoxy) is 2. The van der Waals surface area contributed by atoms with Crippen molar-refractivity contribution in [3.05, 3.63) is 59.4 Å². The monoisotopic (exact) mass is 384 g/mol. The third kappa shape index (κ3) is 4.44. The second kappa shape index (κ2) is 8.61. The lowest BCUT2D eigenvalue weighted by Gasteiger charge is -2.28. The topological polar surface area (TPSA) is 50.8 Å². The Morgan fingerprint density at radius 3 is 2.50 bits per heavy atom. The van der Waals surface area contributed by atoms with E-state index in [0.29, 0.717) is 25.5 Å². The number of likely N-dealkylation sites (tertiary alicyclic amines) is 1. The van der Waals surface area contributed by atoms with E-state index in [0.717, 1.165) is 42.8 Å². The number of hydrogen-bond acceptors (Lipinski definition) is 4. The molecule has 1 fully saturated rings. The van der Waals surface area contributed by atoms with Gasteiger partial charge in [0.15, 0.2) is 11.5 Å². The molecule has 0 aliphatic carbocycles. The van der Waals surface area contributed by atoms with Gasteiger partial charge in [0.25, 0.3) is 0 Å². The molecule has 28 heavy (non-hydrogen) atoms. The Labute approximate surface area is 164 Å². The molecule has 1 amide bonds. The summed E-state index contributed by atoms with van der Waals surface area (Å²) in [6.07, 6.45) is 2.60. The van der Waals surface area contributed by atoms with Gasteiger partial charge in [-0.1, -0.05) is 18.2 Å².